The van der Waals surface area contributed by atoms with Gasteiger partial charge in [-0.05, 0) is 51.8 Å². The Bertz CT molecular complexity index is 707. The first-order valence-electron chi connectivity index (χ1n) is 6.09. The molecule has 0 N–H and O–H groups in total. The molecule has 0 saturated heterocycles. The van der Waals surface area contributed by atoms with Gasteiger partial charge in [-0.25, -0.2) is 4.39 Å². The second kappa shape index (κ2) is 6.51. The number of carbonyl (C=O) groups excluding carboxylic acids is 1. The molecule has 1 unspecified atom stereocenters. The number of methoxy groups -OCH3 is 1. The second-order valence-corrected chi connectivity index (χ2v) is 5.18. The van der Waals surface area contributed by atoms with Crippen molar-refractivity contribution in [3.05, 3.63) is 63.9 Å². The van der Waals surface area contributed by atoms with Gasteiger partial charge in [0.25, 0.3) is 0 Å². The number of nitriles is 1. The third-order valence-electron chi connectivity index (χ3n) is 3.04. The average Bonchev–Trinajstić information content (AvgIpc) is 2.51. The van der Waals surface area contributed by atoms with Gasteiger partial charge in [0, 0.05) is 5.56 Å². The Labute approximate surface area is 130 Å². The maximum atomic E-state index is 13.2. The molecule has 2 rings (SSSR count). The summed E-state index contributed by atoms with van der Waals surface area (Å²) in [5.41, 5.74) is 0.856. The smallest absolute Gasteiger partial charge is 0.184 e. The van der Waals surface area contributed by atoms with Gasteiger partial charge in [0.2, 0.25) is 0 Å². The first kappa shape index (κ1) is 15.2. The Morgan fingerprint density at radius 3 is 2.48 bits per heavy atom. The van der Waals surface area contributed by atoms with E-state index in [-0.39, 0.29) is 15.8 Å². The van der Waals surface area contributed by atoms with E-state index < -0.39 is 11.7 Å². The number of halogens is 2. The van der Waals surface area contributed by atoms with E-state index in [0.29, 0.717) is 11.3 Å². The number of ether oxygens (including phenoxy) is 1. The fourth-order valence-corrected chi connectivity index (χ4v) is 2.28. The molecule has 0 bridgehead atoms. The van der Waals surface area contributed by atoms with Crippen molar-refractivity contribution >= 4 is 21.7 Å². The third-order valence-corrected chi connectivity index (χ3v) is 3.65. The van der Waals surface area contributed by atoms with Crippen LogP contribution in [-0.4, -0.2) is 12.9 Å². The quantitative estimate of drug-likeness (QED) is 0.782. The molecule has 0 aliphatic rings. The molecule has 0 heterocycles. The highest BCUT2D eigenvalue weighted by Gasteiger charge is 2.22. The number of nitrogens with zero attached hydrogens (tertiary/aromatic N) is 1. The Morgan fingerprint density at radius 2 is 1.95 bits per heavy atom. The second-order valence-electron chi connectivity index (χ2n) is 4.33. The van der Waals surface area contributed by atoms with E-state index in [1.54, 1.807) is 24.3 Å². The predicted molar refractivity (Wildman–Crippen MR) is 79.8 cm³/mol. The molecule has 0 aliphatic carbocycles. The Morgan fingerprint density at radius 1 is 1.29 bits per heavy atom. The number of Topliss-reactive ketones (excluding diaryl/α,β-unsaturated/α-hetero) is 1. The summed E-state index contributed by atoms with van der Waals surface area (Å²) in [7, 11) is 1.54. The van der Waals surface area contributed by atoms with Crippen molar-refractivity contribution in [2.75, 3.05) is 7.11 Å². The number of hydrogen-bond donors (Lipinski definition) is 0. The van der Waals surface area contributed by atoms with Crippen molar-refractivity contribution < 1.29 is 13.9 Å². The molecule has 2 aromatic rings. The summed E-state index contributed by atoms with van der Waals surface area (Å²) in [5, 5.41) is 9.27. The first-order valence-corrected chi connectivity index (χ1v) is 6.89. The van der Waals surface area contributed by atoms with Crippen LogP contribution in [0.15, 0.2) is 46.9 Å². The van der Waals surface area contributed by atoms with E-state index in [1.807, 2.05) is 6.07 Å². The molecule has 0 aliphatic heterocycles. The zero-order valence-electron chi connectivity index (χ0n) is 11.1. The van der Waals surface area contributed by atoms with Crippen molar-refractivity contribution in [1.82, 2.24) is 0 Å². The Kier molecular flexibility index (Phi) is 4.71. The highest BCUT2D eigenvalue weighted by molar-refractivity contribution is 9.10. The topological polar surface area (TPSA) is 50.1 Å². The van der Waals surface area contributed by atoms with E-state index in [1.165, 1.54) is 25.3 Å². The lowest BCUT2D eigenvalue weighted by atomic mass is 9.92. The van der Waals surface area contributed by atoms with E-state index >= 15 is 0 Å². The molecule has 1 atom stereocenters. The van der Waals surface area contributed by atoms with Crippen LogP contribution < -0.4 is 4.74 Å². The molecule has 0 radical (unpaired) electrons. The Hall–Kier alpha value is -2.19. The van der Waals surface area contributed by atoms with Crippen LogP contribution in [0.3, 0.4) is 0 Å². The fraction of sp³-hybridized carbons (Fsp3) is 0.125. The van der Waals surface area contributed by atoms with Crippen LogP contribution in [0.4, 0.5) is 4.39 Å². The first-order chi connectivity index (χ1) is 10.1. The summed E-state index contributed by atoms with van der Waals surface area (Å²) in [4.78, 5) is 12.4. The average molecular weight is 348 g/mol. The SMILES string of the molecule is COc1ccc(C(C#N)C(=O)c2ccc(F)c(Br)c2)cc1. The minimum atomic E-state index is -0.937. The molecule has 3 nitrogen and oxygen atoms in total. The van der Waals surface area contributed by atoms with Gasteiger partial charge >= 0.3 is 0 Å². The van der Waals surface area contributed by atoms with Crippen LogP contribution in [0, 0.1) is 17.1 Å². The Balaban J connectivity index is 2.33. The van der Waals surface area contributed by atoms with Crippen LogP contribution in [0.1, 0.15) is 21.8 Å². The van der Waals surface area contributed by atoms with Crippen LogP contribution in [0.5, 0.6) is 5.75 Å². The van der Waals surface area contributed by atoms with Crippen molar-refractivity contribution in [2.45, 2.75) is 5.92 Å². The van der Waals surface area contributed by atoms with Crippen LogP contribution in [0.2, 0.25) is 0 Å². The number of ketones is 1. The summed E-state index contributed by atoms with van der Waals surface area (Å²) in [5.74, 6) is -1.12. The van der Waals surface area contributed by atoms with E-state index in [4.69, 9.17) is 4.74 Å². The molecular weight excluding hydrogens is 337 g/mol. The fourth-order valence-electron chi connectivity index (χ4n) is 1.90. The maximum Gasteiger partial charge on any atom is 0.184 e. The normalized spacial score (nSPS) is 11.5. The lowest BCUT2D eigenvalue weighted by Gasteiger charge is -2.10. The van der Waals surface area contributed by atoms with Crippen LogP contribution in [0.25, 0.3) is 0 Å². The summed E-state index contributed by atoms with van der Waals surface area (Å²) in [6.07, 6.45) is 0. The maximum absolute atomic E-state index is 13.2. The molecule has 2 aromatic carbocycles. The van der Waals surface area contributed by atoms with Crippen LogP contribution in [-0.2, 0) is 0 Å². The zero-order valence-corrected chi connectivity index (χ0v) is 12.7. The minimum Gasteiger partial charge on any atom is -0.497 e. The van der Waals surface area contributed by atoms with Crippen molar-refractivity contribution in [2.24, 2.45) is 0 Å². The molecule has 0 fully saturated rings. The molecule has 0 saturated carbocycles. The highest BCUT2D eigenvalue weighted by atomic mass is 79.9. The molecule has 0 spiro atoms. The predicted octanol–water partition coefficient (Wildman–Crippen LogP) is 4.09. The number of hydrogen-bond acceptors (Lipinski definition) is 3. The number of rotatable bonds is 4. The summed E-state index contributed by atoms with van der Waals surface area (Å²) in [6, 6.07) is 12.7. The van der Waals surface area contributed by atoms with Gasteiger partial charge in [-0.2, -0.15) is 5.26 Å². The van der Waals surface area contributed by atoms with E-state index in [9.17, 15) is 14.4 Å². The minimum absolute atomic E-state index is 0.194. The molecule has 5 heteroatoms. The summed E-state index contributed by atoms with van der Waals surface area (Å²) < 4.78 is 18.4. The van der Waals surface area contributed by atoms with E-state index in [0.717, 1.165) is 0 Å². The van der Waals surface area contributed by atoms with Gasteiger partial charge < -0.3 is 4.74 Å². The monoisotopic (exact) mass is 347 g/mol. The molecular formula is C16H11BrFNO2. The van der Waals surface area contributed by atoms with Crippen LogP contribution >= 0.6 is 15.9 Å². The standard InChI is InChI=1S/C16H11BrFNO2/c1-21-12-5-2-10(3-6-12)13(9-19)16(20)11-4-7-15(18)14(17)8-11/h2-8,13H,1H3. The zero-order chi connectivity index (χ0) is 15.4. The summed E-state index contributed by atoms with van der Waals surface area (Å²) in [6.45, 7) is 0. The van der Waals surface area contributed by atoms with Gasteiger partial charge in [-0.1, -0.05) is 12.1 Å². The van der Waals surface area contributed by atoms with E-state index in [2.05, 4.69) is 15.9 Å². The van der Waals surface area contributed by atoms with Gasteiger partial charge in [-0.3, -0.25) is 4.79 Å². The number of benzene rings is 2. The third kappa shape index (κ3) is 3.29. The van der Waals surface area contributed by atoms with Crippen molar-refractivity contribution in [1.29, 1.82) is 5.26 Å². The van der Waals surface area contributed by atoms with Crippen molar-refractivity contribution in [3.8, 4) is 11.8 Å². The molecule has 106 valence electrons. The lowest BCUT2D eigenvalue weighted by molar-refractivity contribution is 0.0978. The van der Waals surface area contributed by atoms with Gasteiger partial charge in [0.05, 0.1) is 17.7 Å². The van der Waals surface area contributed by atoms with Gasteiger partial charge in [-0.15, -0.1) is 0 Å². The number of carbonyl (C=O) groups is 1. The molecule has 21 heavy (non-hydrogen) atoms. The molecule has 0 aromatic heterocycles. The van der Waals surface area contributed by atoms with Crippen molar-refractivity contribution in [3.63, 3.8) is 0 Å². The largest absolute Gasteiger partial charge is 0.497 e. The lowest BCUT2D eigenvalue weighted by Crippen LogP contribution is -2.11. The highest BCUT2D eigenvalue weighted by Crippen LogP contribution is 2.25. The van der Waals surface area contributed by atoms with Gasteiger partial charge in [0.15, 0.2) is 5.78 Å². The van der Waals surface area contributed by atoms with Gasteiger partial charge in [0.1, 0.15) is 17.5 Å². The summed E-state index contributed by atoms with van der Waals surface area (Å²) >= 11 is 3.03. The molecule has 0 amide bonds.